The van der Waals surface area contributed by atoms with Gasteiger partial charge in [-0.3, -0.25) is 4.79 Å². The molecule has 1 amide bonds. The highest BCUT2D eigenvalue weighted by Gasteiger charge is 2.17. The Labute approximate surface area is 114 Å². The van der Waals surface area contributed by atoms with Gasteiger partial charge < -0.3 is 15.3 Å². The lowest BCUT2D eigenvalue weighted by molar-refractivity contribution is -0.118. The van der Waals surface area contributed by atoms with E-state index in [4.69, 9.17) is 0 Å². The van der Waals surface area contributed by atoms with E-state index < -0.39 is 0 Å². The van der Waals surface area contributed by atoms with Gasteiger partial charge in [0.25, 0.3) is 0 Å². The van der Waals surface area contributed by atoms with Crippen molar-refractivity contribution < 1.29 is 9.90 Å². The molecule has 4 nitrogen and oxygen atoms in total. The average molecular weight is 262 g/mol. The van der Waals surface area contributed by atoms with Gasteiger partial charge in [0.15, 0.2) is 0 Å². The first kappa shape index (κ1) is 13.9. The summed E-state index contributed by atoms with van der Waals surface area (Å²) in [6.45, 7) is 2.14. The first-order valence-electron chi connectivity index (χ1n) is 6.93. The van der Waals surface area contributed by atoms with Crippen LogP contribution in [0.1, 0.15) is 25.7 Å². The maximum absolute atomic E-state index is 12.1. The Morgan fingerprint density at radius 2 is 2.16 bits per heavy atom. The number of amides is 1. The van der Waals surface area contributed by atoms with E-state index in [1.165, 1.54) is 12.8 Å². The molecule has 0 radical (unpaired) electrons. The highest BCUT2D eigenvalue weighted by atomic mass is 16.3. The summed E-state index contributed by atoms with van der Waals surface area (Å²) in [5.74, 6) is 0.974. The Morgan fingerprint density at radius 1 is 1.42 bits per heavy atom. The molecule has 0 unspecified atom stereocenters. The van der Waals surface area contributed by atoms with Crippen LogP contribution in [0.25, 0.3) is 0 Å². The number of aromatic hydroxyl groups is 1. The number of phenols is 1. The van der Waals surface area contributed by atoms with Crippen molar-refractivity contribution in [1.82, 2.24) is 5.32 Å². The number of hydrogen-bond donors (Lipinski definition) is 2. The number of nitrogens with zero attached hydrogens (tertiary/aromatic N) is 1. The topological polar surface area (TPSA) is 52.6 Å². The average Bonchev–Trinajstić information content (AvgIpc) is 2.45. The van der Waals surface area contributed by atoms with E-state index in [-0.39, 0.29) is 11.7 Å². The van der Waals surface area contributed by atoms with Crippen LogP contribution >= 0.6 is 0 Å². The van der Waals surface area contributed by atoms with E-state index in [9.17, 15) is 9.90 Å². The van der Waals surface area contributed by atoms with Crippen molar-refractivity contribution in [2.75, 3.05) is 25.0 Å². The fourth-order valence-electron chi connectivity index (χ4n) is 2.51. The molecule has 0 spiro atoms. The van der Waals surface area contributed by atoms with Gasteiger partial charge in [-0.15, -0.1) is 0 Å². The molecule has 2 N–H and O–H groups in total. The molecule has 0 saturated carbocycles. The maximum Gasteiger partial charge on any atom is 0.226 e. The molecule has 1 heterocycles. The fraction of sp³-hybridized carbons (Fsp3) is 0.533. The number of benzene rings is 1. The molecule has 0 bridgehead atoms. The summed E-state index contributed by atoms with van der Waals surface area (Å²) in [7, 11) is 1.76. The van der Waals surface area contributed by atoms with Gasteiger partial charge in [-0.05, 0) is 50.4 Å². The quantitative estimate of drug-likeness (QED) is 0.874. The minimum Gasteiger partial charge on any atom is -0.508 e. The first-order chi connectivity index (χ1) is 9.16. The number of hydrogen-bond acceptors (Lipinski definition) is 3. The third-order valence-corrected chi connectivity index (χ3v) is 3.82. The highest BCUT2D eigenvalue weighted by molar-refractivity contribution is 5.92. The number of anilines is 1. The summed E-state index contributed by atoms with van der Waals surface area (Å²) in [5, 5.41) is 12.8. The van der Waals surface area contributed by atoms with Crippen molar-refractivity contribution in [1.29, 1.82) is 0 Å². The van der Waals surface area contributed by atoms with Crippen molar-refractivity contribution in [3.05, 3.63) is 24.3 Å². The van der Waals surface area contributed by atoms with Crippen LogP contribution < -0.4 is 10.2 Å². The van der Waals surface area contributed by atoms with Crippen molar-refractivity contribution in [3.63, 3.8) is 0 Å². The number of nitrogens with one attached hydrogen (secondary N) is 1. The predicted octanol–water partition coefficient (Wildman–Crippen LogP) is 2.13. The van der Waals surface area contributed by atoms with Gasteiger partial charge in [-0.1, -0.05) is 6.07 Å². The van der Waals surface area contributed by atoms with Crippen molar-refractivity contribution in [2.24, 2.45) is 5.92 Å². The molecule has 1 aromatic rings. The second-order valence-electron chi connectivity index (χ2n) is 5.20. The third kappa shape index (κ3) is 3.96. The Balaban J connectivity index is 1.85. The molecule has 1 aromatic carbocycles. The van der Waals surface area contributed by atoms with E-state index in [0.29, 0.717) is 12.3 Å². The summed E-state index contributed by atoms with van der Waals surface area (Å²) < 4.78 is 0. The second-order valence-corrected chi connectivity index (χ2v) is 5.20. The summed E-state index contributed by atoms with van der Waals surface area (Å²) >= 11 is 0. The molecule has 0 aromatic heterocycles. The molecule has 104 valence electrons. The van der Waals surface area contributed by atoms with Crippen LogP contribution in [0.3, 0.4) is 0 Å². The molecular formula is C15H22N2O2. The zero-order valence-corrected chi connectivity index (χ0v) is 11.4. The van der Waals surface area contributed by atoms with Gasteiger partial charge in [-0.2, -0.15) is 0 Å². The predicted molar refractivity (Wildman–Crippen MR) is 76.3 cm³/mol. The Bertz CT molecular complexity index is 428. The van der Waals surface area contributed by atoms with Gasteiger partial charge in [-0.25, -0.2) is 0 Å². The van der Waals surface area contributed by atoms with E-state index >= 15 is 0 Å². The van der Waals surface area contributed by atoms with Gasteiger partial charge in [0, 0.05) is 25.2 Å². The summed E-state index contributed by atoms with van der Waals surface area (Å²) in [5.41, 5.74) is 0.746. The Kier molecular flexibility index (Phi) is 4.80. The molecule has 1 aliphatic rings. The zero-order valence-electron chi connectivity index (χ0n) is 11.4. The maximum atomic E-state index is 12.1. The van der Waals surface area contributed by atoms with Crippen LogP contribution in [-0.2, 0) is 4.79 Å². The smallest absolute Gasteiger partial charge is 0.226 e. The van der Waals surface area contributed by atoms with Crippen LogP contribution in [0.15, 0.2) is 24.3 Å². The zero-order chi connectivity index (χ0) is 13.7. The van der Waals surface area contributed by atoms with E-state index in [1.54, 1.807) is 30.1 Å². The van der Waals surface area contributed by atoms with Crippen LogP contribution in [0.2, 0.25) is 0 Å². The Hall–Kier alpha value is -1.55. The van der Waals surface area contributed by atoms with Crippen molar-refractivity contribution in [2.45, 2.75) is 25.7 Å². The standard InChI is InChI=1S/C15H22N2O2/c1-17(13-3-2-4-14(18)11-13)15(19)6-5-12-7-9-16-10-8-12/h2-4,11-12,16,18H,5-10H2,1H3. The van der Waals surface area contributed by atoms with Crippen LogP contribution in [0.4, 0.5) is 5.69 Å². The molecule has 1 saturated heterocycles. The molecule has 0 aliphatic carbocycles. The number of piperidine rings is 1. The van der Waals surface area contributed by atoms with Gasteiger partial charge >= 0.3 is 0 Å². The van der Waals surface area contributed by atoms with E-state index in [2.05, 4.69) is 5.32 Å². The minimum absolute atomic E-state index is 0.115. The summed E-state index contributed by atoms with van der Waals surface area (Å²) in [6.07, 6.45) is 3.88. The molecule has 4 heteroatoms. The van der Waals surface area contributed by atoms with Gasteiger partial charge in [0.05, 0.1) is 0 Å². The normalized spacial score (nSPS) is 16.3. The molecule has 1 aliphatic heterocycles. The van der Waals surface area contributed by atoms with Gasteiger partial charge in [0.2, 0.25) is 5.91 Å². The Morgan fingerprint density at radius 3 is 2.84 bits per heavy atom. The third-order valence-electron chi connectivity index (χ3n) is 3.82. The first-order valence-corrected chi connectivity index (χ1v) is 6.93. The number of phenolic OH excluding ortho intramolecular Hbond substituents is 1. The van der Waals surface area contributed by atoms with Crippen molar-refractivity contribution in [3.8, 4) is 5.75 Å². The number of rotatable bonds is 4. The lowest BCUT2D eigenvalue weighted by atomic mass is 9.93. The highest BCUT2D eigenvalue weighted by Crippen LogP contribution is 2.22. The van der Waals surface area contributed by atoms with Crippen LogP contribution in [0, 0.1) is 5.92 Å². The number of carbonyl (C=O) groups is 1. The van der Waals surface area contributed by atoms with Crippen molar-refractivity contribution >= 4 is 11.6 Å². The van der Waals surface area contributed by atoms with E-state index in [1.807, 2.05) is 6.07 Å². The van der Waals surface area contributed by atoms with Crippen LogP contribution in [-0.4, -0.2) is 31.2 Å². The molecule has 2 rings (SSSR count). The summed E-state index contributed by atoms with van der Waals surface area (Å²) in [4.78, 5) is 13.8. The molecule has 1 fully saturated rings. The molecule has 0 atom stereocenters. The SMILES string of the molecule is CN(C(=O)CCC1CCNCC1)c1cccc(O)c1. The molecular weight excluding hydrogens is 240 g/mol. The monoisotopic (exact) mass is 262 g/mol. The summed E-state index contributed by atoms with van der Waals surface area (Å²) in [6, 6.07) is 6.81. The van der Waals surface area contributed by atoms with Crippen LogP contribution in [0.5, 0.6) is 5.75 Å². The lowest BCUT2D eigenvalue weighted by Gasteiger charge is -2.23. The largest absolute Gasteiger partial charge is 0.508 e. The minimum atomic E-state index is 0.115. The second kappa shape index (κ2) is 6.57. The fourth-order valence-corrected chi connectivity index (χ4v) is 2.51. The number of carbonyl (C=O) groups excluding carboxylic acids is 1. The lowest BCUT2D eigenvalue weighted by Crippen LogP contribution is -2.30. The van der Waals surface area contributed by atoms with E-state index in [0.717, 1.165) is 25.2 Å². The molecule has 19 heavy (non-hydrogen) atoms. The van der Waals surface area contributed by atoms with Gasteiger partial charge in [0.1, 0.15) is 5.75 Å².